The zero-order chi connectivity index (χ0) is 21.3. The minimum Gasteiger partial charge on any atom is -0.323 e. The molecule has 2 N–H and O–H groups in total. The number of carbonyl (C=O) groups is 1. The van der Waals surface area contributed by atoms with E-state index in [9.17, 15) is 23.2 Å². The maximum absolute atomic E-state index is 13.7. The van der Waals surface area contributed by atoms with Gasteiger partial charge in [-0.15, -0.1) is 0 Å². The van der Waals surface area contributed by atoms with E-state index in [1.165, 1.54) is 10.6 Å². The first kappa shape index (κ1) is 20.0. The van der Waals surface area contributed by atoms with E-state index >= 15 is 0 Å². The number of rotatable bonds is 4. The minimum absolute atomic E-state index is 0.0437. The van der Waals surface area contributed by atoms with E-state index in [4.69, 9.17) is 0 Å². The molecule has 1 heterocycles. The first-order valence-corrected chi connectivity index (χ1v) is 9.90. The van der Waals surface area contributed by atoms with Gasteiger partial charge in [-0.05, 0) is 55.9 Å². The van der Waals surface area contributed by atoms with Crippen LogP contribution in [0, 0.1) is 23.5 Å². The molecule has 6 nitrogen and oxygen atoms in total. The number of hydrogen-bond donors (Lipinski definition) is 2. The van der Waals surface area contributed by atoms with Crippen molar-refractivity contribution in [1.82, 2.24) is 9.55 Å². The summed E-state index contributed by atoms with van der Waals surface area (Å²) in [5.41, 5.74) is -0.290. The first-order valence-electron chi connectivity index (χ1n) is 9.90. The second-order valence-electron chi connectivity index (χ2n) is 7.72. The monoisotopic (exact) mass is 413 g/mol. The number of para-hydroxylation sites is 1. The van der Waals surface area contributed by atoms with E-state index in [1.807, 2.05) is 0 Å². The molecule has 1 aliphatic rings. The van der Waals surface area contributed by atoms with E-state index in [0.717, 1.165) is 12.1 Å². The fourth-order valence-corrected chi connectivity index (χ4v) is 4.06. The Morgan fingerprint density at radius 3 is 2.53 bits per heavy atom. The molecule has 0 aliphatic heterocycles. The van der Waals surface area contributed by atoms with Gasteiger partial charge < -0.3 is 10.3 Å². The highest BCUT2D eigenvalue weighted by Crippen LogP contribution is 2.30. The number of nitrogens with zero attached hydrogens (tertiary/aromatic N) is 1. The van der Waals surface area contributed by atoms with Gasteiger partial charge in [0.1, 0.15) is 11.6 Å². The number of aromatic nitrogens is 2. The van der Waals surface area contributed by atoms with Crippen LogP contribution in [0.15, 0.2) is 52.1 Å². The molecule has 0 radical (unpaired) electrons. The Hall–Kier alpha value is -3.29. The van der Waals surface area contributed by atoms with Crippen LogP contribution in [-0.4, -0.2) is 15.5 Å². The molecule has 0 bridgehead atoms. The van der Waals surface area contributed by atoms with Crippen molar-refractivity contribution < 1.29 is 13.6 Å². The van der Waals surface area contributed by atoms with E-state index in [2.05, 4.69) is 10.3 Å². The lowest BCUT2D eigenvalue weighted by Crippen LogP contribution is -2.38. The third kappa shape index (κ3) is 4.03. The number of hydrogen-bond acceptors (Lipinski definition) is 3. The molecule has 1 fully saturated rings. The Labute approximate surface area is 170 Å². The van der Waals surface area contributed by atoms with Gasteiger partial charge in [0.2, 0.25) is 5.91 Å². The van der Waals surface area contributed by atoms with Crippen LogP contribution >= 0.6 is 0 Å². The van der Waals surface area contributed by atoms with Gasteiger partial charge in [-0.25, -0.2) is 13.6 Å². The van der Waals surface area contributed by atoms with Crippen LogP contribution in [0.3, 0.4) is 0 Å². The molecule has 0 unspecified atom stereocenters. The topological polar surface area (TPSA) is 84.0 Å². The SMILES string of the molecule is O=C(Nc1ccc(F)cc1F)C1CCC(Cn2c(=O)[nH]c3ccccc3c2=O)CC1. The van der Waals surface area contributed by atoms with Gasteiger partial charge in [0, 0.05) is 18.5 Å². The maximum atomic E-state index is 13.7. The van der Waals surface area contributed by atoms with Crippen molar-refractivity contribution >= 4 is 22.5 Å². The van der Waals surface area contributed by atoms with Crippen LogP contribution in [0.5, 0.6) is 0 Å². The van der Waals surface area contributed by atoms with Crippen LogP contribution in [0.1, 0.15) is 25.7 Å². The van der Waals surface area contributed by atoms with Gasteiger partial charge in [-0.3, -0.25) is 14.2 Å². The Morgan fingerprint density at radius 1 is 1.07 bits per heavy atom. The summed E-state index contributed by atoms with van der Waals surface area (Å²) < 4.78 is 28.0. The highest BCUT2D eigenvalue weighted by Gasteiger charge is 2.27. The number of anilines is 1. The number of fused-ring (bicyclic) bond motifs is 1. The molecule has 2 aromatic carbocycles. The van der Waals surface area contributed by atoms with Gasteiger partial charge in [-0.2, -0.15) is 0 Å². The number of H-pyrrole nitrogens is 1. The zero-order valence-electron chi connectivity index (χ0n) is 16.2. The van der Waals surface area contributed by atoms with E-state index in [0.29, 0.717) is 43.1 Å². The normalized spacial score (nSPS) is 19.0. The minimum atomic E-state index is -0.813. The molecule has 4 rings (SSSR count). The molecule has 1 amide bonds. The molecule has 0 saturated heterocycles. The lowest BCUT2D eigenvalue weighted by molar-refractivity contribution is -0.121. The number of carbonyl (C=O) groups excluding carboxylic acids is 1. The summed E-state index contributed by atoms with van der Waals surface area (Å²) in [5, 5.41) is 2.98. The van der Waals surface area contributed by atoms with Crippen molar-refractivity contribution in [2.45, 2.75) is 32.2 Å². The highest BCUT2D eigenvalue weighted by atomic mass is 19.1. The summed E-state index contributed by atoms with van der Waals surface area (Å²) in [6.07, 6.45) is 2.48. The van der Waals surface area contributed by atoms with Gasteiger partial charge >= 0.3 is 5.69 Å². The zero-order valence-corrected chi connectivity index (χ0v) is 16.2. The number of aromatic amines is 1. The maximum Gasteiger partial charge on any atom is 0.328 e. The standard InChI is InChI=1S/C22H21F2N3O3/c23-15-9-10-19(17(24)11-15)25-20(28)14-7-5-13(6-8-14)12-27-21(29)16-3-1-2-4-18(16)26-22(27)30/h1-4,9-11,13-14H,5-8,12H2,(H,25,28)(H,26,30). The molecule has 0 spiro atoms. The summed E-state index contributed by atoms with van der Waals surface area (Å²) >= 11 is 0. The Bertz CT molecular complexity index is 1210. The summed E-state index contributed by atoms with van der Waals surface area (Å²) in [6, 6.07) is 9.90. The Kier molecular flexibility index (Phi) is 5.48. The fraction of sp³-hybridized carbons (Fsp3) is 0.318. The highest BCUT2D eigenvalue weighted by molar-refractivity contribution is 5.92. The lowest BCUT2D eigenvalue weighted by Gasteiger charge is -2.28. The van der Waals surface area contributed by atoms with Crippen molar-refractivity contribution in [3.63, 3.8) is 0 Å². The average molecular weight is 413 g/mol. The lowest BCUT2D eigenvalue weighted by atomic mass is 9.81. The molecule has 1 aromatic heterocycles. The molecule has 1 saturated carbocycles. The molecule has 0 atom stereocenters. The molecule has 30 heavy (non-hydrogen) atoms. The van der Waals surface area contributed by atoms with Crippen molar-refractivity contribution in [3.8, 4) is 0 Å². The van der Waals surface area contributed by atoms with Gasteiger partial charge in [0.05, 0.1) is 16.6 Å². The Balaban J connectivity index is 1.40. The van der Waals surface area contributed by atoms with Crippen LogP contribution in [0.4, 0.5) is 14.5 Å². The molecule has 8 heteroatoms. The molecular formula is C22H21F2N3O3. The number of benzene rings is 2. The third-order valence-electron chi connectivity index (χ3n) is 5.74. The second kappa shape index (κ2) is 8.22. The van der Waals surface area contributed by atoms with Crippen molar-refractivity contribution in [1.29, 1.82) is 0 Å². The molecular weight excluding hydrogens is 392 g/mol. The summed E-state index contributed by atoms with van der Waals surface area (Å²) in [7, 11) is 0. The van der Waals surface area contributed by atoms with Crippen molar-refractivity contribution in [2.75, 3.05) is 5.32 Å². The van der Waals surface area contributed by atoms with Gasteiger partial charge in [-0.1, -0.05) is 12.1 Å². The van der Waals surface area contributed by atoms with Gasteiger partial charge in [0.15, 0.2) is 0 Å². The molecule has 1 aliphatic carbocycles. The summed E-state index contributed by atoms with van der Waals surface area (Å²) in [5.74, 6) is -2.02. The first-order chi connectivity index (χ1) is 14.4. The van der Waals surface area contributed by atoms with E-state index < -0.39 is 17.3 Å². The summed E-state index contributed by atoms with van der Waals surface area (Å²) in [4.78, 5) is 40.2. The van der Waals surface area contributed by atoms with Crippen LogP contribution in [0.25, 0.3) is 10.9 Å². The van der Waals surface area contributed by atoms with Crippen LogP contribution in [0.2, 0.25) is 0 Å². The molecule has 156 valence electrons. The van der Waals surface area contributed by atoms with E-state index in [-0.39, 0.29) is 29.0 Å². The van der Waals surface area contributed by atoms with E-state index in [1.54, 1.807) is 24.3 Å². The quantitative estimate of drug-likeness (QED) is 0.688. The predicted molar refractivity (Wildman–Crippen MR) is 109 cm³/mol. The second-order valence-corrected chi connectivity index (χ2v) is 7.72. The summed E-state index contributed by atoms with van der Waals surface area (Å²) in [6.45, 7) is 0.292. The number of nitrogens with one attached hydrogen (secondary N) is 2. The van der Waals surface area contributed by atoms with Crippen molar-refractivity contribution in [3.05, 3.63) is 74.9 Å². The molecule has 3 aromatic rings. The fourth-order valence-electron chi connectivity index (χ4n) is 4.06. The van der Waals surface area contributed by atoms with Crippen LogP contribution < -0.4 is 16.6 Å². The Morgan fingerprint density at radius 2 is 1.80 bits per heavy atom. The predicted octanol–water partition coefficient (Wildman–Crippen LogP) is 3.41. The smallest absolute Gasteiger partial charge is 0.323 e. The largest absolute Gasteiger partial charge is 0.328 e. The number of halogens is 2. The van der Waals surface area contributed by atoms with Crippen molar-refractivity contribution in [2.24, 2.45) is 11.8 Å². The van der Waals surface area contributed by atoms with Crippen LogP contribution in [-0.2, 0) is 11.3 Å². The average Bonchev–Trinajstić information content (AvgIpc) is 2.73. The number of amides is 1. The van der Waals surface area contributed by atoms with Gasteiger partial charge in [0.25, 0.3) is 5.56 Å². The third-order valence-corrected chi connectivity index (χ3v) is 5.74.